The second-order valence-electron chi connectivity index (χ2n) is 17.6. The average molecular weight is 717 g/mol. The lowest BCUT2D eigenvalue weighted by molar-refractivity contribution is 0.199. The molecule has 1 aromatic heterocycles. The number of para-hydroxylation sites is 1. The second kappa shape index (κ2) is 11.2. The highest BCUT2D eigenvalue weighted by molar-refractivity contribution is 7.32. The third kappa shape index (κ3) is 4.24. The maximum absolute atomic E-state index is 2.96. The van der Waals surface area contributed by atoms with E-state index in [4.69, 9.17) is 0 Å². The predicted molar refractivity (Wildman–Crippen MR) is 233 cm³/mol. The van der Waals surface area contributed by atoms with Crippen molar-refractivity contribution in [2.45, 2.75) is 76.7 Å². The molecule has 2 nitrogen and oxygen atoms in total. The van der Waals surface area contributed by atoms with Crippen LogP contribution in [0.1, 0.15) is 71.4 Å². The topological polar surface area (TPSA) is 6.48 Å². The van der Waals surface area contributed by atoms with Gasteiger partial charge in [-0.15, -0.1) is 11.3 Å². The maximum Gasteiger partial charge on any atom is 0.339 e. The molecule has 0 spiro atoms. The van der Waals surface area contributed by atoms with Crippen molar-refractivity contribution >= 4 is 61.3 Å². The molecule has 0 bridgehead atoms. The van der Waals surface area contributed by atoms with Crippen LogP contribution in [0.15, 0.2) is 133 Å². The van der Waals surface area contributed by atoms with E-state index >= 15 is 0 Å². The van der Waals surface area contributed by atoms with Gasteiger partial charge in [0.15, 0.2) is 0 Å². The predicted octanol–water partition coefficient (Wildman–Crippen LogP) is 12.5. The van der Waals surface area contributed by atoms with E-state index in [1.54, 1.807) is 5.56 Å². The molecule has 7 aromatic rings. The monoisotopic (exact) mass is 716 g/mol. The number of thiophene rings is 1. The Balaban J connectivity index is 1.30. The Morgan fingerprint density at radius 1 is 0.611 bits per heavy atom. The standard InChI is InChI=1S/C50H45BN2S/c1-48(2,3)35-25-26-41(38(31-35)33-19-10-7-11-20-33)52-42-30-34(32-17-8-6-9-18-32)29-39-36-22-16-23-40-45(36)53(50(5)28-15-14-27-49(40,50)4)51(44(39)42)47-46(52)37-21-12-13-24-43(37)54-47/h6-13,16-26,29-31H,14-15,27-28H2,1-5H3. The van der Waals surface area contributed by atoms with E-state index in [2.05, 4.69) is 178 Å². The Kier molecular flexibility index (Phi) is 6.74. The third-order valence-corrected chi connectivity index (χ3v) is 15.0. The molecule has 0 N–H and O–H groups in total. The quantitative estimate of drug-likeness (QED) is 0.168. The smallest absolute Gasteiger partial charge is 0.339 e. The zero-order valence-electron chi connectivity index (χ0n) is 31.9. The summed E-state index contributed by atoms with van der Waals surface area (Å²) in [6.45, 7) is 12.3. The highest BCUT2D eigenvalue weighted by Crippen LogP contribution is 2.63. The molecule has 0 radical (unpaired) electrons. The van der Waals surface area contributed by atoms with E-state index < -0.39 is 0 Å². The lowest BCUT2D eigenvalue weighted by atomic mass is 9.45. The van der Waals surface area contributed by atoms with Gasteiger partial charge in [0.05, 0.1) is 11.4 Å². The van der Waals surface area contributed by atoms with Crippen LogP contribution in [-0.2, 0) is 10.8 Å². The largest absolute Gasteiger partial charge is 0.399 e. The fraction of sp³-hybridized carbons (Fsp3) is 0.240. The molecule has 0 saturated heterocycles. The first-order chi connectivity index (χ1) is 26.2. The van der Waals surface area contributed by atoms with Crippen molar-refractivity contribution in [3.63, 3.8) is 0 Å². The van der Waals surface area contributed by atoms with Crippen LogP contribution in [0.25, 0.3) is 43.5 Å². The fourth-order valence-corrected chi connectivity index (χ4v) is 12.1. The molecule has 0 amide bonds. The number of nitrogens with zero attached hydrogens (tertiary/aromatic N) is 2. The summed E-state index contributed by atoms with van der Waals surface area (Å²) in [7, 11) is 0. The van der Waals surface area contributed by atoms with E-state index in [0.717, 1.165) is 0 Å². The molecule has 2 atom stereocenters. The minimum absolute atomic E-state index is 0.000581. The van der Waals surface area contributed by atoms with Gasteiger partial charge in [-0.1, -0.05) is 144 Å². The van der Waals surface area contributed by atoms with Crippen molar-refractivity contribution in [3.8, 4) is 33.4 Å². The molecule has 1 fully saturated rings. The molecule has 54 heavy (non-hydrogen) atoms. The number of rotatable bonds is 3. The molecule has 6 aromatic carbocycles. The summed E-state index contributed by atoms with van der Waals surface area (Å²) >= 11 is 2.02. The summed E-state index contributed by atoms with van der Waals surface area (Å²) in [5.74, 6) is 0. The van der Waals surface area contributed by atoms with Gasteiger partial charge in [-0.2, -0.15) is 0 Å². The Morgan fingerprint density at radius 3 is 2.11 bits per heavy atom. The number of hydrogen-bond acceptors (Lipinski definition) is 3. The first-order valence-corrected chi connectivity index (χ1v) is 20.7. The zero-order valence-corrected chi connectivity index (χ0v) is 32.7. The highest BCUT2D eigenvalue weighted by atomic mass is 32.1. The number of benzene rings is 6. The summed E-state index contributed by atoms with van der Waals surface area (Å²) in [4.78, 5) is 5.63. The minimum atomic E-state index is 0.000581. The highest BCUT2D eigenvalue weighted by Gasteiger charge is 2.63. The van der Waals surface area contributed by atoms with Gasteiger partial charge < -0.3 is 9.71 Å². The van der Waals surface area contributed by atoms with Crippen LogP contribution in [0.5, 0.6) is 0 Å². The Labute approximate surface area is 324 Å². The van der Waals surface area contributed by atoms with E-state index in [0.29, 0.717) is 0 Å². The van der Waals surface area contributed by atoms with Gasteiger partial charge in [-0.05, 0) is 94.4 Å². The minimum Gasteiger partial charge on any atom is -0.399 e. The van der Waals surface area contributed by atoms with Gasteiger partial charge in [0, 0.05) is 48.3 Å². The van der Waals surface area contributed by atoms with E-state index in [1.807, 2.05) is 11.3 Å². The van der Waals surface area contributed by atoms with Gasteiger partial charge >= 0.3 is 6.85 Å². The SMILES string of the molecule is CC(C)(C)c1ccc(N2c3cc(-c4ccccc4)cc4c3B(c3sc5ccccc5c32)N2c3c-4cccc3C3(C)CCCCC23C)c(-c2ccccc2)c1. The first kappa shape index (κ1) is 32.4. The van der Waals surface area contributed by atoms with Crippen molar-refractivity contribution in [1.29, 1.82) is 0 Å². The molecule has 4 aliphatic rings. The van der Waals surface area contributed by atoms with E-state index in [-0.39, 0.29) is 23.2 Å². The molecular weight excluding hydrogens is 671 g/mol. The normalized spacial score (nSPS) is 20.8. The van der Waals surface area contributed by atoms with Gasteiger partial charge in [-0.3, -0.25) is 0 Å². The van der Waals surface area contributed by atoms with Gasteiger partial charge in [0.25, 0.3) is 0 Å². The van der Waals surface area contributed by atoms with Crippen LogP contribution in [0.3, 0.4) is 0 Å². The fourth-order valence-electron chi connectivity index (χ4n) is 10.8. The van der Waals surface area contributed by atoms with E-state index in [1.165, 1.54) is 108 Å². The summed E-state index contributed by atoms with van der Waals surface area (Å²) in [5.41, 5.74) is 17.6. The molecule has 1 saturated carbocycles. The van der Waals surface area contributed by atoms with Crippen molar-refractivity contribution in [2.75, 3.05) is 9.71 Å². The van der Waals surface area contributed by atoms with Crippen molar-refractivity contribution in [2.24, 2.45) is 0 Å². The van der Waals surface area contributed by atoms with Crippen LogP contribution >= 0.6 is 11.3 Å². The van der Waals surface area contributed by atoms with Crippen molar-refractivity contribution in [1.82, 2.24) is 0 Å². The Bertz CT molecular complexity index is 2650. The number of hydrogen-bond donors (Lipinski definition) is 0. The first-order valence-electron chi connectivity index (χ1n) is 19.9. The lowest BCUT2D eigenvalue weighted by Gasteiger charge is -2.54. The van der Waals surface area contributed by atoms with Crippen LogP contribution in [0.2, 0.25) is 0 Å². The molecule has 11 rings (SSSR count). The lowest BCUT2D eigenvalue weighted by Crippen LogP contribution is -2.70. The summed E-state index contributed by atoms with van der Waals surface area (Å²) in [6, 6.07) is 50.8. The van der Waals surface area contributed by atoms with Crippen LogP contribution in [0, 0.1) is 0 Å². The second-order valence-corrected chi connectivity index (χ2v) is 18.7. The summed E-state index contributed by atoms with van der Waals surface area (Å²) in [5, 5.41) is 1.34. The van der Waals surface area contributed by atoms with Crippen LogP contribution in [-0.4, -0.2) is 12.4 Å². The van der Waals surface area contributed by atoms with Gasteiger partial charge in [0.1, 0.15) is 0 Å². The van der Waals surface area contributed by atoms with E-state index in [9.17, 15) is 0 Å². The molecule has 3 aliphatic heterocycles. The number of anilines is 4. The van der Waals surface area contributed by atoms with Crippen LogP contribution < -0.4 is 20.0 Å². The Morgan fingerprint density at radius 2 is 1.33 bits per heavy atom. The van der Waals surface area contributed by atoms with Gasteiger partial charge in [0.2, 0.25) is 0 Å². The zero-order chi connectivity index (χ0) is 36.6. The third-order valence-electron chi connectivity index (χ3n) is 13.8. The van der Waals surface area contributed by atoms with Gasteiger partial charge in [-0.25, -0.2) is 0 Å². The Hall–Kier alpha value is -5.06. The summed E-state index contributed by atoms with van der Waals surface area (Å²) in [6.07, 6.45) is 5.00. The van der Waals surface area contributed by atoms with Crippen LogP contribution in [0.4, 0.5) is 22.7 Å². The number of fused-ring (bicyclic) bond motifs is 9. The molecule has 264 valence electrons. The average Bonchev–Trinajstić information content (AvgIpc) is 3.67. The maximum atomic E-state index is 2.96. The van der Waals surface area contributed by atoms with Crippen molar-refractivity contribution < 1.29 is 0 Å². The molecule has 2 unspecified atom stereocenters. The summed E-state index contributed by atoms with van der Waals surface area (Å²) < 4.78 is 2.82. The molecule has 4 heterocycles. The van der Waals surface area contributed by atoms with Crippen molar-refractivity contribution in [3.05, 3.63) is 145 Å². The molecule has 4 heteroatoms. The molecular formula is C50H45BN2S. The molecule has 1 aliphatic carbocycles.